The lowest BCUT2D eigenvalue weighted by molar-refractivity contribution is -0.121. The van der Waals surface area contributed by atoms with E-state index in [9.17, 15) is 9.90 Å². The molecule has 1 aromatic carbocycles. The van der Waals surface area contributed by atoms with Crippen molar-refractivity contribution in [2.75, 3.05) is 13.1 Å². The lowest BCUT2D eigenvalue weighted by atomic mass is 10.1. The first kappa shape index (κ1) is 17.5. The summed E-state index contributed by atoms with van der Waals surface area (Å²) < 4.78 is 0. The van der Waals surface area contributed by atoms with Crippen molar-refractivity contribution in [3.8, 4) is 0 Å². The molecule has 1 atom stereocenters. The summed E-state index contributed by atoms with van der Waals surface area (Å²) >= 11 is 11.6. The summed E-state index contributed by atoms with van der Waals surface area (Å²) in [6.45, 7) is 0.389. The fraction of sp³-hybridized carbons (Fsp3) is 0.364. The van der Waals surface area contributed by atoms with Gasteiger partial charge in [-0.15, -0.1) is 12.4 Å². The first-order chi connectivity index (χ1) is 8.02. The summed E-state index contributed by atoms with van der Waals surface area (Å²) in [7, 11) is 0. The fourth-order valence-corrected chi connectivity index (χ4v) is 1.86. The third-order valence-corrected chi connectivity index (χ3v) is 2.57. The first-order valence-electron chi connectivity index (χ1n) is 5.13. The van der Waals surface area contributed by atoms with E-state index in [2.05, 4.69) is 5.32 Å². The van der Waals surface area contributed by atoms with Crippen LogP contribution in [0.4, 0.5) is 0 Å². The van der Waals surface area contributed by atoms with Crippen LogP contribution in [0.25, 0.3) is 0 Å². The van der Waals surface area contributed by atoms with E-state index in [4.69, 9.17) is 28.9 Å². The zero-order chi connectivity index (χ0) is 12.8. The van der Waals surface area contributed by atoms with Gasteiger partial charge >= 0.3 is 0 Å². The van der Waals surface area contributed by atoms with Crippen molar-refractivity contribution in [3.05, 3.63) is 33.8 Å². The van der Waals surface area contributed by atoms with E-state index in [1.807, 2.05) is 0 Å². The lowest BCUT2D eigenvalue weighted by Gasteiger charge is -2.12. The second-order valence-electron chi connectivity index (χ2n) is 3.56. The summed E-state index contributed by atoms with van der Waals surface area (Å²) in [4.78, 5) is 11.2. The van der Waals surface area contributed by atoms with Crippen LogP contribution in [0.3, 0.4) is 0 Å². The molecule has 0 spiro atoms. The van der Waals surface area contributed by atoms with E-state index < -0.39 is 6.10 Å². The Morgan fingerprint density at radius 1 is 1.33 bits per heavy atom. The average Bonchev–Trinajstić information content (AvgIpc) is 2.25. The molecule has 1 aromatic rings. The summed E-state index contributed by atoms with van der Waals surface area (Å²) in [5.41, 5.74) is 5.79. The molecule has 0 bridgehead atoms. The third kappa shape index (κ3) is 5.89. The van der Waals surface area contributed by atoms with Crippen LogP contribution in [-0.2, 0) is 4.79 Å². The Kier molecular flexibility index (Phi) is 8.31. The summed E-state index contributed by atoms with van der Waals surface area (Å²) in [6, 6.07) is 4.78. The van der Waals surface area contributed by atoms with Crippen molar-refractivity contribution in [1.82, 2.24) is 5.32 Å². The number of halogens is 3. The molecule has 0 saturated carbocycles. The highest BCUT2D eigenvalue weighted by Crippen LogP contribution is 2.23. The molecule has 0 radical (unpaired) electrons. The van der Waals surface area contributed by atoms with Crippen LogP contribution in [0, 0.1) is 0 Å². The molecule has 0 fully saturated rings. The molecule has 1 amide bonds. The number of aliphatic hydroxyl groups is 1. The fourth-order valence-electron chi connectivity index (χ4n) is 1.32. The van der Waals surface area contributed by atoms with Crippen LogP contribution in [-0.4, -0.2) is 24.1 Å². The number of rotatable bonds is 5. The van der Waals surface area contributed by atoms with Crippen molar-refractivity contribution in [2.24, 2.45) is 5.73 Å². The molecule has 102 valence electrons. The minimum Gasteiger partial charge on any atom is -0.387 e. The van der Waals surface area contributed by atoms with Gasteiger partial charge in [0.1, 0.15) is 0 Å². The SMILES string of the molecule is Cl.NCCC(=O)NCC(O)c1cc(Cl)cc(Cl)c1. The van der Waals surface area contributed by atoms with Crippen LogP contribution in [0.15, 0.2) is 18.2 Å². The number of nitrogens with two attached hydrogens (primary N) is 1. The van der Waals surface area contributed by atoms with Crippen molar-refractivity contribution < 1.29 is 9.90 Å². The molecule has 0 aliphatic carbocycles. The number of aliphatic hydroxyl groups excluding tert-OH is 1. The number of carbonyl (C=O) groups excluding carboxylic acids is 1. The predicted octanol–water partition coefficient (Wildman–Crippen LogP) is 1.91. The van der Waals surface area contributed by atoms with Crippen LogP contribution in [0.2, 0.25) is 10.0 Å². The molecule has 4 N–H and O–H groups in total. The predicted molar refractivity (Wildman–Crippen MR) is 75.4 cm³/mol. The van der Waals surface area contributed by atoms with Crippen molar-refractivity contribution in [2.45, 2.75) is 12.5 Å². The average molecular weight is 314 g/mol. The maximum Gasteiger partial charge on any atom is 0.221 e. The van der Waals surface area contributed by atoms with Crippen molar-refractivity contribution >= 4 is 41.5 Å². The Labute approximate surface area is 122 Å². The number of hydrogen-bond donors (Lipinski definition) is 3. The quantitative estimate of drug-likeness (QED) is 0.777. The van der Waals surface area contributed by atoms with Gasteiger partial charge in [0.15, 0.2) is 0 Å². The Morgan fingerprint density at radius 2 is 1.89 bits per heavy atom. The van der Waals surface area contributed by atoms with Gasteiger partial charge in [0.25, 0.3) is 0 Å². The number of amides is 1. The molecule has 0 aliphatic rings. The Bertz CT molecular complexity index is 382. The molecular formula is C11H15Cl3N2O2. The second-order valence-corrected chi connectivity index (χ2v) is 4.43. The largest absolute Gasteiger partial charge is 0.387 e. The zero-order valence-electron chi connectivity index (χ0n) is 9.53. The van der Waals surface area contributed by atoms with Gasteiger partial charge in [-0.3, -0.25) is 4.79 Å². The molecule has 7 heteroatoms. The molecule has 0 heterocycles. The van der Waals surface area contributed by atoms with Gasteiger partial charge in [-0.25, -0.2) is 0 Å². The van der Waals surface area contributed by atoms with Gasteiger partial charge in [-0.2, -0.15) is 0 Å². The second kappa shape index (κ2) is 8.56. The molecule has 0 saturated heterocycles. The maximum absolute atomic E-state index is 11.2. The van der Waals surface area contributed by atoms with Gasteiger partial charge in [-0.1, -0.05) is 23.2 Å². The molecule has 4 nitrogen and oxygen atoms in total. The van der Waals surface area contributed by atoms with Crippen molar-refractivity contribution in [3.63, 3.8) is 0 Å². The summed E-state index contributed by atoms with van der Waals surface area (Å²) in [5.74, 6) is -0.195. The van der Waals surface area contributed by atoms with E-state index >= 15 is 0 Å². The molecule has 1 unspecified atom stereocenters. The van der Waals surface area contributed by atoms with Crippen LogP contribution < -0.4 is 11.1 Å². The highest BCUT2D eigenvalue weighted by atomic mass is 35.5. The summed E-state index contributed by atoms with van der Waals surface area (Å²) in [6.07, 6.45) is -0.601. The Balaban J connectivity index is 0.00000289. The normalized spacial score (nSPS) is 11.6. The van der Waals surface area contributed by atoms with Crippen LogP contribution in [0.5, 0.6) is 0 Å². The third-order valence-electron chi connectivity index (χ3n) is 2.13. The van der Waals surface area contributed by atoms with E-state index in [0.29, 0.717) is 15.6 Å². The van der Waals surface area contributed by atoms with Gasteiger partial charge in [0, 0.05) is 29.6 Å². The number of benzene rings is 1. The molecular weight excluding hydrogens is 298 g/mol. The Hall–Kier alpha value is -0.520. The van der Waals surface area contributed by atoms with Crippen LogP contribution >= 0.6 is 35.6 Å². The zero-order valence-corrected chi connectivity index (χ0v) is 11.9. The minimum absolute atomic E-state index is 0. The number of hydrogen-bond acceptors (Lipinski definition) is 3. The van der Waals surface area contributed by atoms with Crippen molar-refractivity contribution in [1.29, 1.82) is 0 Å². The Morgan fingerprint density at radius 3 is 2.39 bits per heavy atom. The van der Waals surface area contributed by atoms with E-state index in [-0.39, 0.29) is 37.8 Å². The highest BCUT2D eigenvalue weighted by Gasteiger charge is 2.10. The summed E-state index contributed by atoms with van der Waals surface area (Å²) in [5, 5.41) is 13.3. The van der Waals surface area contributed by atoms with Crippen LogP contribution in [0.1, 0.15) is 18.1 Å². The minimum atomic E-state index is -0.840. The monoisotopic (exact) mass is 312 g/mol. The maximum atomic E-state index is 11.2. The van der Waals surface area contributed by atoms with Gasteiger partial charge in [0.2, 0.25) is 5.91 Å². The molecule has 18 heavy (non-hydrogen) atoms. The number of carbonyl (C=O) groups is 1. The van der Waals surface area contributed by atoms with Gasteiger partial charge in [0.05, 0.1) is 6.10 Å². The number of nitrogens with one attached hydrogen (secondary N) is 1. The standard InChI is InChI=1S/C11H14Cl2N2O2.ClH/c12-8-3-7(4-9(13)5-8)10(16)6-15-11(17)1-2-14;/h3-5,10,16H,1-2,6,14H2,(H,15,17);1H. The van der Waals surface area contributed by atoms with Gasteiger partial charge < -0.3 is 16.2 Å². The topological polar surface area (TPSA) is 75.4 Å². The molecule has 0 aliphatic heterocycles. The first-order valence-corrected chi connectivity index (χ1v) is 5.89. The lowest BCUT2D eigenvalue weighted by Crippen LogP contribution is -2.29. The van der Waals surface area contributed by atoms with E-state index in [1.54, 1.807) is 18.2 Å². The smallest absolute Gasteiger partial charge is 0.221 e. The highest BCUT2D eigenvalue weighted by molar-refractivity contribution is 6.34. The van der Waals surface area contributed by atoms with E-state index in [0.717, 1.165) is 0 Å². The molecule has 0 aromatic heterocycles. The van der Waals surface area contributed by atoms with E-state index in [1.165, 1.54) is 0 Å². The van der Waals surface area contributed by atoms with Gasteiger partial charge in [-0.05, 0) is 23.8 Å². The molecule has 1 rings (SSSR count).